The largest absolute Gasteiger partial charge is 0.360 e. The molecule has 1 amide bonds. The third-order valence-corrected chi connectivity index (χ3v) is 4.92. The molecule has 120 valence electrons. The zero-order valence-electron chi connectivity index (χ0n) is 12.8. The summed E-state index contributed by atoms with van der Waals surface area (Å²) in [7, 11) is 0. The van der Waals surface area contributed by atoms with Gasteiger partial charge >= 0.3 is 0 Å². The summed E-state index contributed by atoms with van der Waals surface area (Å²) in [5, 5.41) is 8.07. The second kappa shape index (κ2) is 4.91. The second-order valence-corrected chi connectivity index (χ2v) is 6.81. The molecule has 0 unspecified atom stereocenters. The van der Waals surface area contributed by atoms with E-state index < -0.39 is 0 Å². The highest BCUT2D eigenvalue weighted by molar-refractivity contribution is 5.92. The minimum Gasteiger partial charge on any atom is -0.360 e. The molecule has 3 aliphatic rings. The van der Waals surface area contributed by atoms with Crippen molar-refractivity contribution in [3.63, 3.8) is 0 Å². The van der Waals surface area contributed by atoms with E-state index in [1.807, 2.05) is 0 Å². The molecular formula is C16H18N4O3. The van der Waals surface area contributed by atoms with E-state index in [0.29, 0.717) is 29.9 Å². The van der Waals surface area contributed by atoms with Gasteiger partial charge in [-0.25, -0.2) is 0 Å². The second-order valence-electron chi connectivity index (χ2n) is 6.81. The number of aromatic nitrogens is 3. The van der Waals surface area contributed by atoms with Crippen LogP contribution in [-0.2, 0) is 0 Å². The Morgan fingerprint density at radius 1 is 1.09 bits per heavy atom. The number of rotatable bonds is 4. The van der Waals surface area contributed by atoms with E-state index in [4.69, 9.17) is 9.05 Å². The fraction of sp³-hybridized carbons (Fsp3) is 0.625. The SMILES string of the molecule is O=C(c1cc(C2CC2)on1)N1CCC[C@H]1c1noc(C2CC2)n1. The molecular weight excluding hydrogens is 296 g/mol. The fourth-order valence-corrected chi connectivity index (χ4v) is 3.25. The first-order valence-electron chi connectivity index (χ1n) is 8.40. The number of nitrogens with zero attached hydrogens (tertiary/aromatic N) is 4. The minimum absolute atomic E-state index is 0.0964. The third kappa shape index (κ3) is 2.34. The van der Waals surface area contributed by atoms with E-state index in [0.717, 1.165) is 50.2 Å². The van der Waals surface area contributed by atoms with Crippen LogP contribution in [0.4, 0.5) is 0 Å². The van der Waals surface area contributed by atoms with Crippen LogP contribution in [0.5, 0.6) is 0 Å². The third-order valence-electron chi connectivity index (χ3n) is 4.92. The molecule has 5 rings (SSSR count). The first-order chi connectivity index (χ1) is 11.3. The van der Waals surface area contributed by atoms with Gasteiger partial charge in [-0.3, -0.25) is 4.79 Å². The molecule has 23 heavy (non-hydrogen) atoms. The highest BCUT2D eigenvalue weighted by Gasteiger charge is 2.38. The Kier molecular flexibility index (Phi) is 2.83. The van der Waals surface area contributed by atoms with Gasteiger partial charge in [0, 0.05) is 24.4 Å². The van der Waals surface area contributed by atoms with Gasteiger partial charge in [0.05, 0.1) is 6.04 Å². The Balaban J connectivity index is 1.37. The lowest BCUT2D eigenvalue weighted by Gasteiger charge is -2.20. The van der Waals surface area contributed by atoms with Gasteiger partial charge in [0.1, 0.15) is 5.76 Å². The van der Waals surface area contributed by atoms with Crippen LogP contribution in [0.25, 0.3) is 0 Å². The maximum absolute atomic E-state index is 12.8. The average Bonchev–Trinajstić information content (AvgIpc) is 3.43. The van der Waals surface area contributed by atoms with Crippen LogP contribution in [0.3, 0.4) is 0 Å². The van der Waals surface area contributed by atoms with Crippen molar-refractivity contribution in [2.24, 2.45) is 0 Å². The molecule has 2 aliphatic carbocycles. The number of hydrogen-bond acceptors (Lipinski definition) is 6. The lowest BCUT2D eigenvalue weighted by Crippen LogP contribution is -2.31. The summed E-state index contributed by atoms with van der Waals surface area (Å²) in [4.78, 5) is 19.1. The zero-order valence-corrected chi connectivity index (χ0v) is 12.8. The quantitative estimate of drug-likeness (QED) is 0.862. The van der Waals surface area contributed by atoms with E-state index >= 15 is 0 Å². The van der Waals surface area contributed by atoms with Crippen molar-refractivity contribution in [3.8, 4) is 0 Å². The highest BCUT2D eigenvalue weighted by atomic mass is 16.5. The Morgan fingerprint density at radius 2 is 1.91 bits per heavy atom. The fourth-order valence-electron chi connectivity index (χ4n) is 3.25. The summed E-state index contributed by atoms with van der Waals surface area (Å²) in [6, 6.07) is 1.68. The Morgan fingerprint density at radius 3 is 2.70 bits per heavy atom. The molecule has 0 N–H and O–H groups in total. The van der Waals surface area contributed by atoms with E-state index in [1.54, 1.807) is 11.0 Å². The lowest BCUT2D eigenvalue weighted by molar-refractivity contribution is 0.0717. The molecule has 0 aromatic carbocycles. The van der Waals surface area contributed by atoms with Gasteiger partial charge in [0.15, 0.2) is 11.5 Å². The first-order valence-corrected chi connectivity index (χ1v) is 8.40. The maximum atomic E-state index is 12.8. The number of hydrogen-bond donors (Lipinski definition) is 0. The van der Waals surface area contributed by atoms with Gasteiger partial charge in [0.2, 0.25) is 5.89 Å². The topological polar surface area (TPSA) is 85.3 Å². The molecule has 2 aromatic heterocycles. The van der Waals surface area contributed by atoms with E-state index in [2.05, 4.69) is 15.3 Å². The smallest absolute Gasteiger partial charge is 0.276 e. The summed E-state index contributed by atoms with van der Waals surface area (Å²) in [6.45, 7) is 0.697. The molecule has 2 saturated carbocycles. The molecule has 1 atom stereocenters. The van der Waals surface area contributed by atoms with Crippen LogP contribution in [0.2, 0.25) is 0 Å². The predicted molar refractivity (Wildman–Crippen MR) is 77.8 cm³/mol. The van der Waals surface area contributed by atoms with Crippen LogP contribution in [0.1, 0.15) is 84.4 Å². The number of likely N-dealkylation sites (tertiary alicyclic amines) is 1. The van der Waals surface area contributed by atoms with Crippen molar-refractivity contribution < 1.29 is 13.8 Å². The van der Waals surface area contributed by atoms with Gasteiger partial charge in [-0.05, 0) is 38.5 Å². The van der Waals surface area contributed by atoms with E-state index in [1.165, 1.54) is 0 Å². The van der Waals surface area contributed by atoms with Crippen LogP contribution in [0.15, 0.2) is 15.1 Å². The molecule has 7 nitrogen and oxygen atoms in total. The van der Waals surface area contributed by atoms with Crippen molar-refractivity contribution in [1.29, 1.82) is 0 Å². The van der Waals surface area contributed by atoms with E-state index in [-0.39, 0.29) is 11.9 Å². The van der Waals surface area contributed by atoms with Crippen molar-refractivity contribution in [2.45, 2.75) is 56.4 Å². The molecule has 3 heterocycles. The van der Waals surface area contributed by atoms with Crippen molar-refractivity contribution in [3.05, 3.63) is 29.2 Å². The Labute approximate surface area is 133 Å². The van der Waals surface area contributed by atoms with Crippen LogP contribution in [-0.4, -0.2) is 32.6 Å². The molecule has 1 saturated heterocycles. The highest BCUT2D eigenvalue weighted by Crippen LogP contribution is 2.41. The summed E-state index contributed by atoms with van der Waals surface area (Å²) < 4.78 is 10.7. The Hall–Kier alpha value is -2.18. The monoisotopic (exact) mass is 314 g/mol. The molecule has 2 aromatic rings. The maximum Gasteiger partial charge on any atom is 0.276 e. The molecule has 0 spiro atoms. The summed E-state index contributed by atoms with van der Waals surface area (Å²) >= 11 is 0. The summed E-state index contributed by atoms with van der Waals surface area (Å²) in [5.41, 5.74) is 0.393. The van der Waals surface area contributed by atoms with E-state index in [9.17, 15) is 4.79 Å². The Bertz CT molecular complexity index is 744. The van der Waals surface area contributed by atoms with Crippen molar-refractivity contribution in [2.75, 3.05) is 6.54 Å². The number of amides is 1. The van der Waals surface area contributed by atoms with Crippen molar-refractivity contribution >= 4 is 5.91 Å². The molecule has 1 aliphatic heterocycles. The van der Waals surface area contributed by atoms with Gasteiger partial charge in [-0.2, -0.15) is 4.98 Å². The standard InChI is InChI=1S/C16H18N4O3/c21-16(11-8-13(22-18-11)9-3-4-9)20-7-1-2-12(20)14-17-15(23-19-14)10-5-6-10/h8-10,12H,1-7H2/t12-/m0/s1. The molecule has 7 heteroatoms. The molecule has 0 radical (unpaired) electrons. The lowest BCUT2D eigenvalue weighted by atomic mass is 10.2. The van der Waals surface area contributed by atoms with Crippen molar-refractivity contribution in [1.82, 2.24) is 20.2 Å². The van der Waals surface area contributed by atoms with Gasteiger partial charge in [-0.1, -0.05) is 10.3 Å². The molecule has 0 bridgehead atoms. The predicted octanol–water partition coefficient (Wildman–Crippen LogP) is 2.79. The summed E-state index contributed by atoms with van der Waals surface area (Å²) in [6.07, 6.45) is 6.30. The van der Waals surface area contributed by atoms with Gasteiger partial charge in [0.25, 0.3) is 5.91 Å². The summed E-state index contributed by atoms with van der Waals surface area (Å²) in [5.74, 6) is 2.97. The van der Waals surface area contributed by atoms with Crippen LogP contribution in [0, 0.1) is 0 Å². The van der Waals surface area contributed by atoms with Crippen LogP contribution < -0.4 is 0 Å². The minimum atomic E-state index is -0.111. The number of carbonyl (C=O) groups is 1. The van der Waals surface area contributed by atoms with Gasteiger partial charge in [-0.15, -0.1) is 0 Å². The molecule has 3 fully saturated rings. The first kappa shape index (κ1) is 13.3. The number of carbonyl (C=O) groups excluding carboxylic acids is 1. The zero-order chi connectivity index (χ0) is 15.4. The normalized spacial score (nSPS) is 24.3. The average molecular weight is 314 g/mol. The van der Waals surface area contributed by atoms with Crippen LogP contribution >= 0.6 is 0 Å². The van der Waals surface area contributed by atoms with Gasteiger partial charge < -0.3 is 13.9 Å².